The number of nitriles is 1. The summed E-state index contributed by atoms with van der Waals surface area (Å²) in [6.07, 6.45) is 10.1. The lowest BCUT2D eigenvalue weighted by Crippen LogP contribution is -2.51. The third-order valence-corrected chi connectivity index (χ3v) is 8.10. The summed E-state index contributed by atoms with van der Waals surface area (Å²) in [4.78, 5) is 52.5. The Bertz CT molecular complexity index is 1540. The zero-order valence-electron chi connectivity index (χ0n) is 25.9. The molecule has 10 nitrogen and oxygen atoms in total. The number of benzene rings is 1. The molecule has 2 amide bonds. The van der Waals surface area contributed by atoms with E-state index in [1.807, 2.05) is 45.0 Å². The Morgan fingerprint density at radius 1 is 0.978 bits per heavy atom. The van der Waals surface area contributed by atoms with Gasteiger partial charge in [0.2, 0.25) is 0 Å². The average Bonchev–Trinajstić information content (AvgIpc) is 3.26. The van der Waals surface area contributed by atoms with Gasteiger partial charge in [-0.25, -0.2) is 4.79 Å². The lowest BCUT2D eigenvalue weighted by Gasteiger charge is -2.35. The average molecular weight is 607 g/mol. The number of hydrogen-bond donors (Lipinski definition) is 1. The molecule has 10 heteroatoms. The van der Waals surface area contributed by atoms with E-state index in [-0.39, 0.29) is 23.7 Å². The van der Waals surface area contributed by atoms with Gasteiger partial charge < -0.3 is 15.0 Å². The summed E-state index contributed by atoms with van der Waals surface area (Å²) in [5.74, 6) is 0.153. The van der Waals surface area contributed by atoms with E-state index in [1.54, 1.807) is 58.9 Å². The molecule has 2 fully saturated rings. The Kier molecular flexibility index (Phi) is 9.28. The topological polar surface area (TPSA) is 129 Å². The highest BCUT2D eigenvalue weighted by Gasteiger charge is 2.49. The number of piperidine rings is 1. The zero-order chi connectivity index (χ0) is 32.0. The predicted molar refractivity (Wildman–Crippen MR) is 168 cm³/mol. The molecule has 3 aromatic rings. The molecular formula is C35H38N6O4. The fourth-order valence-corrected chi connectivity index (χ4v) is 5.83. The Balaban J connectivity index is 1.45. The Labute approximate surface area is 263 Å². The zero-order valence-corrected chi connectivity index (χ0v) is 25.9. The third kappa shape index (κ3) is 7.73. The van der Waals surface area contributed by atoms with Crippen LogP contribution in [0.3, 0.4) is 0 Å². The van der Waals surface area contributed by atoms with Crippen LogP contribution in [0.1, 0.15) is 60.7 Å². The van der Waals surface area contributed by atoms with Gasteiger partial charge in [-0.3, -0.25) is 24.5 Å². The molecule has 0 bridgehead atoms. The maximum absolute atomic E-state index is 14.6. The molecular weight excluding hydrogens is 568 g/mol. The van der Waals surface area contributed by atoms with Crippen LogP contribution < -0.4 is 5.32 Å². The van der Waals surface area contributed by atoms with Crippen molar-refractivity contribution in [2.75, 3.05) is 19.6 Å². The standard InChI is InChI=1S/C35H38N6O4/c1-34(2,3)45-33(44)40-18-12-28(13-19-40)24-41-31(20-30(42)29-6-4-27(23-36)5-7-29)39-35(32(41)43,21-25-8-14-37-15-9-25)22-26-10-16-38-17-11-26/h4-11,14-17,20,28,39H,12-13,18-19,21-22,24H2,1-3H3/b31-20+. The Hall–Kier alpha value is -5.04. The van der Waals surface area contributed by atoms with Crippen LogP contribution in [0.2, 0.25) is 0 Å². The van der Waals surface area contributed by atoms with Gasteiger partial charge in [-0.1, -0.05) is 0 Å². The number of likely N-dealkylation sites (tertiary alicyclic amines) is 1. The van der Waals surface area contributed by atoms with E-state index in [0.717, 1.165) is 11.1 Å². The molecule has 1 aromatic carbocycles. The highest BCUT2D eigenvalue weighted by atomic mass is 16.6. The molecule has 0 aliphatic carbocycles. The van der Waals surface area contributed by atoms with Crippen LogP contribution in [0, 0.1) is 17.2 Å². The SMILES string of the molecule is CC(C)(C)OC(=O)N1CCC(CN2C(=O)C(Cc3ccncc3)(Cc3ccncc3)N/C2=C\C(=O)c2ccc(C#N)cc2)CC1. The number of carbonyl (C=O) groups is 3. The molecule has 0 atom stereocenters. The number of amides is 2. The van der Waals surface area contributed by atoms with Gasteiger partial charge in [-0.15, -0.1) is 0 Å². The van der Waals surface area contributed by atoms with Gasteiger partial charge in [0.1, 0.15) is 17.0 Å². The smallest absolute Gasteiger partial charge is 0.410 e. The number of hydrogen-bond acceptors (Lipinski definition) is 8. The van der Waals surface area contributed by atoms with Crippen molar-refractivity contribution in [2.45, 2.75) is 57.6 Å². The Morgan fingerprint density at radius 2 is 1.53 bits per heavy atom. The van der Waals surface area contributed by atoms with Crippen LogP contribution in [0.4, 0.5) is 4.79 Å². The molecule has 2 aliphatic heterocycles. The predicted octanol–water partition coefficient (Wildman–Crippen LogP) is 4.68. The van der Waals surface area contributed by atoms with Crippen molar-refractivity contribution < 1.29 is 19.1 Å². The molecule has 0 unspecified atom stereocenters. The van der Waals surface area contributed by atoms with Crippen molar-refractivity contribution in [1.82, 2.24) is 25.1 Å². The second-order valence-corrected chi connectivity index (χ2v) is 12.7. The number of pyridine rings is 2. The first-order chi connectivity index (χ1) is 21.5. The highest BCUT2D eigenvalue weighted by molar-refractivity contribution is 6.06. The van der Waals surface area contributed by atoms with Crippen molar-refractivity contribution >= 4 is 17.8 Å². The van der Waals surface area contributed by atoms with E-state index in [1.165, 1.54) is 6.08 Å². The third-order valence-electron chi connectivity index (χ3n) is 8.10. The van der Waals surface area contributed by atoms with Crippen LogP contribution in [0.5, 0.6) is 0 Å². The van der Waals surface area contributed by atoms with E-state index in [4.69, 9.17) is 4.74 Å². The minimum Gasteiger partial charge on any atom is -0.444 e. The summed E-state index contributed by atoms with van der Waals surface area (Å²) < 4.78 is 5.56. The molecule has 5 rings (SSSR count). The summed E-state index contributed by atoms with van der Waals surface area (Å²) in [5.41, 5.74) is 1.12. The fraction of sp³-hybridized carbons (Fsp3) is 0.371. The van der Waals surface area contributed by atoms with E-state index < -0.39 is 11.1 Å². The van der Waals surface area contributed by atoms with Gasteiger partial charge >= 0.3 is 6.09 Å². The van der Waals surface area contributed by atoms with E-state index >= 15 is 0 Å². The van der Waals surface area contributed by atoms with Crippen LogP contribution in [-0.2, 0) is 22.4 Å². The summed E-state index contributed by atoms with van der Waals surface area (Å²) in [7, 11) is 0. The van der Waals surface area contributed by atoms with Crippen molar-refractivity contribution in [3.63, 3.8) is 0 Å². The van der Waals surface area contributed by atoms with Gasteiger partial charge in [0, 0.05) is 68.9 Å². The quantitative estimate of drug-likeness (QED) is 0.289. The van der Waals surface area contributed by atoms with E-state index in [2.05, 4.69) is 21.4 Å². The minimum absolute atomic E-state index is 0.112. The van der Waals surface area contributed by atoms with Crippen LogP contribution in [0.25, 0.3) is 0 Å². The minimum atomic E-state index is -1.06. The Morgan fingerprint density at radius 3 is 2.04 bits per heavy atom. The largest absolute Gasteiger partial charge is 0.444 e. The highest BCUT2D eigenvalue weighted by Crippen LogP contribution is 2.33. The molecule has 0 radical (unpaired) electrons. The van der Waals surface area contributed by atoms with E-state index in [9.17, 15) is 19.6 Å². The van der Waals surface area contributed by atoms with Gasteiger partial charge in [0.05, 0.1) is 11.6 Å². The van der Waals surface area contributed by atoms with Crippen LogP contribution >= 0.6 is 0 Å². The van der Waals surface area contributed by atoms with Gasteiger partial charge in [0.25, 0.3) is 5.91 Å². The number of rotatable bonds is 8. The van der Waals surface area contributed by atoms with Gasteiger partial charge in [0.15, 0.2) is 5.78 Å². The number of ketones is 1. The van der Waals surface area contributed by atoms with Crippen LogP contribution in [0.15, 0.2) is 85.2 Å². The van der Waals surface area contributed by atoms with Crippen molar-refractivity contribution in [3.05, 3.63) is 107 Å². The van der Waals surface area contributed by atoms with Crippen molar-refractivity contribution in [2.24, 2.45) is 5.92 Å². The summed E-state index contributed by atoms with van der Waals surface area (Å²) in [5, 5.41) is 12.7. The maximum Gasteiger partial charge on any atom is 0.410 e. The second-order valence-electron chi connectivity index (χ2n) is 12.7. The first-order valence-corrected chi connectivity index (χ1v) is 15.2. The molecule has 0 saturated carbocycles. The first kappa shape index (κ1) is 31.4. The van der Waals surface area contributed by atoms with Gasteiger partial charge in [-0.2, -0.15) is 5.26 Å². The summed E-state index contributed by atoms with van der Waals surface area (Å²) in [6, 6.07) is 16.1. The maximum atomic E-state index is 14.6. The number of carbonyl (C=O) groups excluding carboxylic acids is 3. The lowest BCUT2D eigenvalue weighted by atomic mass is 9.84. The molecule has 2 saturated heterocycles. The summed E-state index contributed by atoms with van der Waals surface area (Å²) >= 11 is 0. The number of allylic oxidation sites excluding steroid dienone is 1. The monoisotopic (exact) mass is 606 g/mol. The molecule has 0 spiro atoms. The number of aromatic nitrogens is 2. The number of nitrogens with zero attached hydrogens (tertiary/aromatic N) is 5. The molecule has 2 aromatic heterocycles. The number of nitrogens with one attached hydrogen (secondary N) is 1. The molecule has 4 heterocycles. The molecule has 45 heavy (non-hydrogen) atoms. The van der Waals surface area contributed by atoms with Crippen molar-refractivity contribution in [1.29, 1.82) is 5.26 Å². The normalized spacial score (nSPS) is 17.6. The fourth-order valence-electron chi connectivity index (χ4n) is 5.83. The van der Waals surface area contributed by atoms with Gasteiger partial charge in [-0.05, 0) is 99.2 Å². The second kappa shape index (κ2) is 13.3. The van der Waals surface area contributed by atoms with E-state index in [0.29, 0.717) is 62.3 Å². The van der Waals surface area contributed by atoms with Crippen molar-refractivity contribution in [3.8, 4) is 6.07 Å². The number of ether oxygens (including phenoxy) is 1. The molecule has 1 N–H and O–H groups in total. The molecule has 232 valence electrons. The first-order valence-electron chi connectivity index (χ1n) is 15.2. The summed E-state index contributed by atoms with van der Waals surface area (Å²) in [6.45, 7) is 6.99. The molecule has 2 aliphatic rings. The van der Waals surface area contributed by atoms with Crippen LogP contribution in [-0.4, -0.2) is 68.3 Å². The lowest BCUT2D eigenvalue weighted by molar-refractivity contribution is -0.132.